The van der Waals surface area contributed by atoms with Crippen LogP contribution in [0.3, 0.4) is 0 Å². The van der Waals surface area contributed by atoms with Crippen molar-refractivity contribution < 1.29 is 9.32 Å². The first-order valence-electron chi connectivity index (χ1n) is 9.30. The zero-order valence-electron chi connectivity index (χ0n) is 15.6. The van der Waals surface area contributed by atoms with Gasteiger partial charge in [0, 0.05) is 28.8 Å². The number of urea groups is 1. The van der Waals surface area contributed by atoms with Crippen molar-refractivity contribution in [3.63, 3.8) is 0 Å². The van der Waals surface area contributed by atoms with Crippen LogP contribution in [0.15, 0.2) is 57.5 Å². The lowest BCUT2D eigenvalue weighted by molar-refractivity contribution is 0.184. The summed E-state index contributed by atoms with van der Waals surface area (Å²) in [5.41, 5.74) is 2.85. The summed E-state index contributed by atoms with van der Waals surface area (Å²) in [6.45, 7) is 3.32. The Labute approximate surface area is 172 Å². The number of amides is 2. The van der Waals surface area contributed by atoms with E-state index in [2.05, 4.69) is 31.4 Å². The van der Waals surface area contributed by atoms with Gasteiger partial charge in [0.15, 0.2) is 0 Å². The third-order valence-electron chi connectivity index (χ3n) is 4.85. The molecule has 3 aromatic rings. The van der Waals surface area contributed by atoms with E-state index >= 15 is 0 Å². The van der Waals surface area contributed by atoms with Crippen molar-refractivity contribution in [1.82, 2.24) is 15.0 Å². The second-order valence-electron chi connectivity index (χ2n) is 7.05. The Bertz CT molecular complexity index is 988. The minimum Gasteiger partial charge on any atom is -0.339 e. The van der Waals surface area contributed by atoms with Crippen molar-refractivity contribution in [1.29, 1.82) is 0 Å². The molecule has 0 saturated carbocycles. The summed E-state index contributed by atoms with van der Waals surface area (Å²) in [7, 11) is 0. The van der Waals surface area contributed by atoms with Gasteiger partial charge in [0.25, 0.3) is 0 Å². The second-order valence-corrected chi connectivity index (χ2v) is 7.97. The molecule has 1 aromatic heterocycles. The van der Waals surface area contributed by atoms with Gasteiger partial charge in [0.1, 0.15) is 0 Å². The number of halogens is 1. The number of piperidine rings is 1. The molecule has 144 valence electrons. The van der Waals surface area contributed by atoms with Gasteiger partial charge in [0.2, 0.25) is 11.7 Å². The molecule has 28 heavy (non-hydrogen) atoms. The van der Waals surface area contributed by atoms with Gasteiger partial charge in [-0.15, -0.1) is 0 Å². The molecule has 1 N–H and O–H groups in total. The number of hydrogen-bond acceptors (Lipinski definition) is 4. The second kappa shape index (κ2) is 8.14. The number of aryl methyl sites for hydroxylation is 1. The maximum Gasteiger partial charge on any atom is 0.321 e. The number of benzene rings is 2. The fourth-order valence-electron chi connectivity index (χ4n) is 3.43. The zero-order chi connectivity index (χ0) is 19.5. The molecule has 0 radical (unpaired) electrons. The highest BCUT2D eigenvalue weighted by molar-refractivity contribution is 9.10. The summed E-state index contributed by atoms with van der Waals surface area (Å²) >= 11 is 3.42. The number of hydrogen-bond donors (Lipinski definition) is 1. The molecule has 1 aliphatic heterocycles. The average Bonchev–Trinajstić information content (AvgIpc) is 3.18. The number of nitrogens with one attached hydrogen (secondary N) is 1. The van der Waals surface area contributed by atoms with Crippen LogP contribution in [0.2, 0.25) is 0 Å². The van der Waals surface area contributed by atoms with E-state index in [1.54, 1.807) is 0 Å². The summed E-state index contributed by atoms with van der Waals surface area (Å²) in [4.78, 5) is 19.1. The van der Waals surface area contributed by atoms with Crippen LogP contribution in [-0.4, -0.2) is 34.2 Å². The lowest BCUT2D eigenvalue weighted by Crippen LogP contribution is -2.41. The lowest BCUT2D eigenvalue weighted by atomic mass is 9.98. The van der Waals surface area contributed by atoms with Crippen molar-refractivity contribution in [3.8, 4) is 11.4 Å². The molecular weight excluding hydrogens is 420 g/mol. The summed E-state index contributed by atoms with van der Waals surface area (Å²) in [5, 5.41) is 7.09. The molecule has 6 nitrogen and oxygen atoms in total. The van der Waals surface area contributed by atoms with E-state index in [0.29, 0.717) is 18.3 Å². The molecule has 7 heteroatoms. The number of carbonyl (C=O) groups is 1. The van der Waals surface area contributed by atoms with Crippen molar-refractivity contribution >= 4 is 27.6 Å². The third kappa shape index (κ3) is 4.25. The summed E-state index contributed by atoms with van der Waals surface area (Å²) in [5.74, 6) is 1.24. The monoisotopic (exact) mass is 440 g/mol. The highest BCUT2D eigenvalue weighted by atomic mass is 79.9. The lowest BCUT2D eigenvalue weighted by Gasteiger charge is -2.31. The van der Waals surface area contributed by atoms with Crippen LogP contribution in [0.4, 0.5) is 10.5 Å². The van der Waals surface area contributed by atoms with Crippen LogP contribution < -0.4 is 5.32 Å². The fraction of sp³-hybridized carbons (Fsp3) is 0.286. The molecule has 2 aromatic carbocycles. The van der Waals surface area contributed by atoms with Gasteiger partial charge in [-0.1, -0.05) is 50.9 Å². The van der Waals surface area contributed by atoms with Crippen LogP contribution >= 0.6 is 15.9 Å². The Morgan fingerprint density at radius 1 is 1.25 bits per heavy atom. The molecule has 0 bridgehead atoms. The number of rotatable bonds is 3. The van der Waals surface area contributed by atoms with Gasteiger partial charge >= 0.3 is 6.03 Å². The maximum absolute atomic E-state index is 12.7. The van der Waals surface area contributed by atoms with Gasteiger partial charge in [0.05, 0.1) is 5.92 Å². The SMILES string of the molecule is Cc1cccc(-c2noc(C3CCCN(C(=O)Nc4cccc(Br)c4)C3)n2)c1. The Morgan fingerprint density at radius 2 is 2.11 bits per heavy atom. The van der Waals surface area contributed by atoms with Crippen molar-refractivity contribution in [3.05, 3.63) is 64.5 Å². The Kier molecular flexibility index (Phi) is 5.43. The molecule has 1 unspecified atom stereocenters. The molecule has 2 heterocycles. The Balaban J connectivity index is 1.44. The molecule has 0 spiro atoms. The van der Waals surface area contributed by atoms with Gasteiger partial charge in [-0.05, 0) is 44.0 Å². The molecule has 4 rings (SSSR count). The van der Waals surface area contributed by atoms with Crippen LogP contribution in [0.25, 0.3) is 11.4 Å². The van der Waals surface area contributed by atoms with Crippen LogP contribution in [0, 0.1) is 6.92 Å². The first kappa shape index (κ1) is 18.7. The average molecular weight is 441 g/mol. The van der Waals surface area contributed by atoms with E-state index < -0.39 is 0 Å². The van der Waals surface area contributed by atoms with Crippen LogP contribution in [-0.2, 0) is 0 Å². The first-order chi connectivity index (χ1) is 13.6. The molecule has 0 aliphatic carbocycles. The number of carbonyl (C=O) groups excluding carboxylic acids is 1. The molecule has 2 amide bonds. The summed E-state index contributed by atoms with van der Waals surface area (Å²) in [6.07, 6.45) is 1.83. The zero-order valence-corrected chi connectivity index (χ0v) is 17.1. The normalized spacial score (nSPS) is 16.8. The van der Waals surface area contributed by atoms with Crippen molar-refractivity contribution in [2.75, 3.05) is 18.4 Å². The third-order valence-corrected chi connectivity index (χ3v) is 5.34. The number of aromatic nitrogens is 2. The smallest absolute Gasteiger partial charge is 0.321 e. The summed E-state index contributed by atoms with van der Waals surface area (Å²) < 4.78 is 6.46. The van der Waals surface area contributed by atoms with Gasteiger partial charge in [-0.3, -0.25) is 0 Å². The summed E-state index contributed by atoms with van der Waals surface area (Å²) in [6, 6.07) is 15.5. The molecular formula is C21H21BrN4O2. The van der Waals surface area contributed by atoms with Crippen molar-refractivity contribution in [2.45, 2.75) is 25.7 Å². The van der Waals surface area contributed by atoms with E-state index in [0.717, 1.165) is 40.7 Å². The van der Waals surface area contributed by atoms with Gasteiger partial charge in [-0.2, -0.15) is 4.98 Å². The maximum atomic E-state index is 12.7. The molecule has 1 aliphatic rings. The molecule has 1 saturated heterocycles. The first-order valence-corrected chi connectivity index (χ1v) is 10.1. The Morgan fingerprint density at radius 3 is 2.93 bits per heavy atom. The van der Waals surface area contributed by atoms with E-state index in [4.69, 9.17) is 4.52 Å². The highest BCUT2D eigenvalue weighted by Gasteiger charge is 2.28. The van der Waals surface area contributed by atoms with Crippen LogP contribution in [0.5, 0.6) is 0 Å². The predicted octanol–water partition coefficient (Wildman–Crippen LogP) is 5.22. The number of nitrogens with zero attached hydrogens (tertiary/aromatic N) is 3. The van der Waals surface area contributed by atoms with E-state index in [1.165, 1.54) is 0 Å². The minimum absolute atomic E-state index is 0.0491. The van der Waals surface area contributed by atoms with Crippen molar-refractivity contribution in [2.24, 2.45) is 0 Å². The van der Waals surface area contributed by atoms with E-state index in [-0.39, 0.29) is 11.9 Å². The van der Waals surface area contributed by atoms with Crippen LogP contribution in [0.1, 0.15) is 30.2 Å². The van der Waals surface area contributed by atoms with E-state index in [9.17, 15) is 4.79 Å². The minimum atomic E-state index is -0.110. The largest absolute Gasteiger partial charge is 0.339 e. The molecule has 1 atom stereocenters. The number of anilines is 1. The highest BCUT2D eigenvalue weighted by Crippen LogP contribution is 2.28. The van der Waals surface area contributed by atoms with Gasteiger partial charge in [-0.25, -0.2) is 4.79 Å². The standard InChI is InChI=1S/C21H21BrN4O2/c1-14-5-2-6-15(11-14)19-24-20(28-25-19)16-7-4-10-26(13-16)21(27)23-18-9-3-8-17(22)12-18/h2-3,5-6,8-9,11-12,16H,4,7,10,13H2,1H3,(H,23,27). The Hall–Kier alpha value is -2.67. The van der Waals surface area contributed by atoms with Gasteiger partial charge < -0.3 is 14.7 Å². The molecule has 1 fully saturated rings. The fourth-order valence-corrected chi connectivity index (χ4v) is 3.83. The quantitative estimate of drug-likeness (QED) is 0.605. The van der Waals surface area contributed by atoms with E-state index in [1.807, 2.05) is 60.4 Å². The topological polar surface area (TPSA) is 71.3 Å². The predicted molar refractivity (Wildman–Crippen MR) is 111 cm³/mol. The number of likely N-dealkylation sites (tertiary alicyclic amines) is 1.